The Morgan fingerprint density at radius 3 is 2.31 bits per heavy atom. The molecule has 2 N–H and O–H groups in total. The van der Waals surface area contributed by atoms with E-state index in [0.717, 1.165) is 12.8 Å². The first kappa shape index (κ1) is 25.7. The summed E-state index contributed by atoms with van der Waals surface area (Å²) in [6.07, 6.45) is 6.35. The molecule has 0 aromatic rings. The van der Waals surface area contributed by atoms with Crippen LogP contribution in [-0.4, -0.2) is 76.6 Å². The van der Waals surface area contributed by atoms with Gasteiger partial charge in [0.05, 0.1) is 5.92 Å². The van der Waals surface area contributed by atoms with Crippen LogP contribution in [0.25, 0.3) is 0 Å². The molecule has 180 valence electrons. The van der Waals surface area contributed by atoms with Crippen LogP contribution in [0, 0.1) is 11.8 Å². The number of rotatable bonds is 6. The van der Waals surface area contributed by atoms with E-state index in [2.05, 4.69) is 5.32 Å². The Labute approximate surface area is 190 Å². The van der Waals surface area contributed by atoms with Crippen molar-refractivity contribution in [3.63, 3.8) is 0 Å². The van der Waals surface area contributed by atoms with Gasteiger partial charge < -0.3 is 25.0 Å². The van der Waals surface area contributed by atoms with Gasteiger partial charge in [-0.15, -0.1) is 0 Å². The van der Waals surface area contributed by atoms with E-state index in [4.69, 9.17) is 9.84 Å². The van der Waals surface area contributed by atoms with Crippen molar-refractivity contribution in [3.05, 3.63) is 12.2 Å². The third kappa shape index (κ3) is 7.84. The summed E-state index contributed by atoms with van der Waals surface area (Å²) in [5.74, 6) is -1.68. The second-order valence-corrected chi connectivity index (χ2v) is 9.60. The lowest BCUT2D eigenvalue weighted by atomic mass is 9.95. The van der Waals surface area contributed by atoms with Crippen LogP contribution < -0.4 is 5.32 Å². The van der Waals surface area contributed by atoms with Crippen molar-refractivity contribution in [2.24, 2.45) is 11.8 Å². The lowest BCUT2D eigenvalue weighted by Gasteiger charge is -2.33. The fourth-order valence-electron chi connectivity index (χ4n) is 3.94. The van der Waals surface area contributed by atoms with Gasteiger partial charge in [0.1, 0.15) is 11.6 Å². The molecule has 2 atom stereocenters. The molecular weight excluding hydrogens is 414 g/mol. The number of nitrogens with one attached hydrogen (secondary N) is 1. The predicted molar refractivity (Wildman–Crippen MR) is 119 cm³/mol. The number of hydrogen-bond donors (Lipinski definition) is 2. The Morgan fingerprint density at radius 1 is 1.09 bits per heavy atom. The number of allylic oxidation sites excluding steroid dienone is 1. The highest BCUT2D eigenvalue weighted by Gasteiger charge is 2.30. The first-order valence-corrected chi connectivity index (χ1v) is 11.5. The van der Waals surface area contributed by atoms with Gasteiger partial charge in [-0.3, -0.25) is 9.59 Å². The Bertz CT molecular complexity index is 722. The monoisotopic (exact) mass is 451 g/mol. The predicted octanol–water partition coefficient (Wildman–Crippen LogP) is 2.41. The second-order valence-electron chi connectivity index (χ2n) is 9.60. The van der Waals surface area contributed by atoms with Crippen LogP contribution in [0.3, 0.4) is 0 Å². The number of ether oxygens (including phenoxy) is 1. The highest BCUT2D eigenvalue weighted by Crippen LogP contribution is 2.22. The van der Waals surface area contributed by atoms with Gasteiger partial charge in [-0.1, -0.05) is 13.0 Å². The van der Waals surface area contributed by atoms with E-state index in [1.54, 1.807) is 22.8 Å². The smallest absolute Gasteiger partial charge is 0.410 e. The molecule has 9 nitrogen and oxygen atoms in total. The summed E-state index contributed by atoms with van der Waals surface area (Å²) in [4.78, 5) is 51.8. The Balaban J connectivity index is 1.82. The minimum Gasteiger partial charge on any atom is -0.480 e. The molecule has 2 saturated heterocycles. The van der Waals surface area contributed by atoms with Crippen molar-refractivity contribution in [1.82, 2.24) is 15.1 Å². The van der Waals surface area contributed by atoms with Crippen LogP contribution in [0.4, 0.5) is 4.79 Å². The van der Waals surface area contributed by atoms with Crippen molar-refractivity contribution in [2.45, 2.75) is 71.4 Å². The van der Waals surface area contributed by atoms with Gasteiger partial charge in [0.25, 0.3) is 0 Å². The molecule has 0 unspecified atom stereocenters. The highest BCUT2D eigenvalue weighted by molar-refractivity contribution is 5.89. The SMILES string of the molecule is CC[C@H](NC(=O)[C@@H]1CCCN(C(=O)/C=C/C2CCN(C(=O)OC(C)(C)C)CC2)C1)C(=O)O. The third-order valence-corrected chi connectivity index (χ3v) is 5.83. The second kappa shape index (κ2) is 11.3. The number of carboxylic acids is 1. The molecule has 32 heavy (non-hydrogen) atoms. The zero-order chi connectivity index (χ0) is 23.9. The van der Waals surface area contributed by atoms with Crippen LogP contribution in [0.1, 0.15) is 59.8 Å². The first-order valence-electron chi connectivity index (χ1n) is 11.5. The van der Waals surface area contributed by atoms with Crippen LogP contribution in [-0.2, 0) is 19.1 Å². The first-order chi connectivity index (χ1) is 15.0. The summed E-state index contributed by atoms with van der Waals surface area (Å²) < 4.78 is 5.41. The van der Waals surface area contributed by atoms with Crippen LogP contribution in [0.5, 0.6) is 0 Å². The van der Waals surface area contributed by atoms with E-state index in [1.165, 1.54) is 0 Å². The number of carbonyl (C=O) groups is 4. The van der Waals surface area contributed by atoms with E-state index in [0.29, 0.717) is 45.4 Å². The number of carbonyl (C=O) groups excluding carboxylic acids is 3. The molecule has 9 heteroatoms. The summed E-state index contributed by atoms with van der Waals surface area (Å²) in [5.41, 5.74) is -0.519. The average Bonchev–Trinajstić information content (AvgIpc) is 2.74. The minimum atomic E-state index is -1.05. The molecule has 0 radical (unpaired) electrons. The molecule has 2 rings (SSSR count). The maximum atomic E-state index is 12.7. The van der Waals surface area contributed by atoms with Crippen molar-refractivity contribution < 1.29 is 29.0 Å². The number of nitrogens with zero attached hydrogens (tertiary/aromatic N) is 2. The zero-order valence-corrected chi connectivity index (χ0v) is 19.6. The molecule has 0 aromatic heterocycles. The number of amides is 3. The molecule has 2 fully saturated rings. The zero-order valence-electron chi connectivity index (χ0n) is 19.6. The number of likely N-dealkylation sites (tertiary alicyclic amines) is 2. The van der Waals surface area contributed by atoms with Gasteiger partial charge in [-0.05, 0) is 64.9 Å². The standard InChI is InChI=1S/C23H37N3O6/c1-5-18(21(29)30)24-20(28)17-7-6-12-26(15-17)19(27)9-8-16-10-13-25(14-11-16)22(31)32-23(2,3)4/h8-9,16-18H,5-7,10-15H2,1-4H3,(H,24,28)(H,29,30)/b9-8+/t17-,18+/m1/s1. The summed E-state index contributed by atoms with van der Waals surface area (Å²) >= 11 is 0. The molecule has 2 aliphatic heterocycles. The van der Waals surface area contributed by atoms with E-state index >= 15 is 0 Å². The van der Waals surface area contributed by atoms with Gasteiger partial charge >= 0.3 is 12.1 Å². The van der Waals surface area contributed by atoms with Gasteiger partial charge in [-0.25, -0.2) is 9.59 Å². The number of hydrogen-bond acceptors (Lipinski definition) is 5. The minimum absolute atomic E-state index is 0.137. The third-order valence-electron chi connectivity index (χ3n) is 5.83. The summed E-state index contributed by atoms with van der Waals surface area (Å²) in [6.45, 7) is 9.29. The van der Waals surface area contributed by atoms with E-state index < -0.39 is 23.5 Å². The van der Waals surface area contributed by atoms with Crippen molar-refractivity contribution >= 4 is 23.9 Å². The molecule has 2 heterocycles. The van der Waals surface area contributed by atoms with Gasteiger partial charge in [0.15, 0.2) is 0 Å². The van der Waals surface area contributed by atoms with Crippen LogP contribution >= 0.6 is 0 Å². The topological polar surface area (TPSA) is 116 Å². The Kier molecular flexibility index (Phi) is 9.09. The number of carboxylic acid groups (broad SMARTS) is 1. The largest absolute Gasteiger partial charge is 0.480 e. The van der Waals surface area contributed by atoms with Gasteiger partial charge in [0, 0.05) is 26.2 Å². The maximum absolute atomic E-state index is 12.7. The molecule has 0 spiro atoms. The van der Waals surface area contributed by atoms with Gasteiger partial charge in [-0.2, -0.15) is 0 Å². The summed E-state index contributed by atoms with van der Waals surface area (Å²) in [6, 6.07) is -0.903. The average molecular weight is 452 g/mol. The summed E-state index contributed by atoms with van der Waals surface area (Å²) in [5, 5.41) is 11.7. The molecule has 3 amide bonds. The quantitative estimate of drug-likeness (QED) is 0.599. The Hall–Kier alpha value is -2.58. The van der Waals surface area contributed by atoms with E-state index in [1.807, 2.05) is 26.8 Å². The van der Waals surface area contributed by atoms with Crippen molar-refractivity contribution in [3.8, 4) is 0 Å². The summed E-state index contributed by atoms with van der Waals surface area (Å²) in [7, 11) is 0. The maximum Gasteiger partial charge on any atom is 0.410 e. The van der Waals surface area contributed by atoms with E-state index in [9.17, 15) is 19.2 Å². The van der Waals surface area contributed by atoms with Crippen molar-refractivity contribution in [2.75, 3.05) is 26.2 Å². The highest BCUT2D eigenvalue weighted by atomic mass is 16.6. The lowest BCUT2D eigenvalue weighted by molar-refractivity contribution is -0.143. The van der Waals surface area contributed by atoms with Crippen LogP contribution in [0.2, 0.25) is 0 Å². The number of piperidine rings is 2. The molecular formula is C23H37N3O6. The molecule has 2 aliphatic rings. The molecule has 0 aromatic carbocycles. The van der Waals surface area contributed by atoms with Crippen LogP contribution in [0.15, 0.2) is 12.2 Å². The van der Waals surface area contributed by atoms with Crippen molar-refractivity contribution in [1.29, 1.82) is 0 Å². The number of aliphatic carboxylic acids is 1. The molecule has 0 aliphatic carbocycles. The van der Waals surface area contributed by atoms with Gasteiger partial charge in [0.2, 0.25) is 11.8 Å². The molecule has 0 saturated carbocycles. The lowest BCUT2D eigenvalue weighted by Crippen LogP contribution is -2.49. The Morgan fingerprint density at radius 2 is 1.75 bits per heavy atom. The van der Waals surface area contributed by atoms with E-state index in [-0.39, 0.29) is 23.8 Å². The fourth-order valence-corrected chi connectivity index (χ4v) is 3.94. The molecule has 0 bridgehead atoms. The fraction of sp³-hybridized carbons (Fsp3) is 0.739. The normalized spacial score (nSPS) is 21.3.